The van der Waals surface area contributed by atoms with Crippen LogP contribution in [0.5, 0.6) is 0 Å². The molecule has 0 fully saturated rings. The van der Waals surface area contributed by atoms with Crippen molar-refractivity contribution in [2.24, 2.45) is 0 Å². The molecule has 2 heterocycles. The average Bonchev–Trinajstić information content (AvgIpc) is 3.22. The Kier molecular flexibility index (Phi) is 17.5. The zero-order valence-corrected chi connectivity index (χ0v) is 18.3. The lowest BCUT2D eigenvalue weighted by Gasteiger charge is -2.17. The molecule has 172 valence electrons. The molecule has 0 amide bonds. The third-order valence-corrected chi connectivity index (χ3v) is 3.70. The number of nitrogen functional groups attached to an aromatic ring is 1. The number of imidazole rings is 1. The Morgan fingerprint density at radius 1 is 1.30 bits per heavy atom. The maximum absolute atomic E-state index is 11.0. The fourth-order valence-electron chi connectivity index (χ4n) is 1.64. The van der Waals surface area contributed by atoms with E-state index >= 15 is 0 Å². The van der Waals surface area contributed by atoms with E-state index < -0.39 is 13.9 Å². The number of aliphatic hydroxyl groups excluding tert-OH is 1. The number of hydrogen-bond acceptors (Lipinski definition) is 10. The van der Waals surface area contributed by atoms with Crippen LogP contribution in [0, 0.1) is 12.8 Å². The second-order valence-electron chi connectivity index (χ2n) is 4.67. The molecule has 30 heavy (non-hydrogen) atoms. The lowest BCUT2D eigenvalue weighted by atomic mass is 10.4. The van der Waals surface area contributed by atoms with Gasteiger partial charge in [0.15, 0.2) is 11.2 Å². The molecule has 2 aromatic heterocycles. The van der Waals surface area contributed by atoms with Crippen molar-refractivity contribution < 1.29 is 33.1 Å². The number of terminal acetylenes is 1. The van der Waals surface area contributed by atoms with E-state index in [0.717, 1.165) is 7.11 Å². The van der Waals surface area contributed by atoms with Gasteiger partial charge in [-0.05, 0) is 0 Å². The normalized spacial score (nSPS) is 12.8. The summed E-state index contributed by atoms with van der Waals surface area (Å²) in [6.07, 6.45) is 8.88. The van der Waals surface area contributed by atoms with E-state index in [0.29, 0.717) is 11.2 Å². The van der Waals surface area contributed by atoms with Crippen LogP contribution < -0.4 is 11.3 Å². The van der Waals surface area contributed by atoms with Crippen molar-refractivity contribution in [2.75, 3.05) is 46.4 Å². The van der Waals surface area contributed by atoms with Crippen molar-refractivity contribution in [1.29, 1.82) is 0 Å². The van der Waals surface area contributed by atoms with Crippen molar-refractivity contribution in [3.63, 3.8) is 0 Å². The summed E-state index contributed by atoms with van der Waals surface area (Å²) in [6, 6.07) is 0. The first-order valence-electron chi connectivity index (χ1n) is 8.59. The van der Waals surface area contributed by atoms with Crippen LogP contribution in [0.25, 0.3) is 11.2 Å². The van der Waals surface area contributed by atoms with E-state index in [1.54, 1.807) is 0 Å². The summed E-state index contributed by atoms with van der Waals surface area (Å²) in [5.41, 5.74) is 5.65. The highest BCUT2D eigenvalue weighted by molar-refractivity contribution is 7.47. The number of nitrogens with one attached hydrogen (secondary N) is 2. The SMILES string of the molecule is C#C.CC.COC[C@@H](COP(=O)(O)OC)OCCO.Nc1nc2nc[nH]c2c(=O)[nH]1. The van der Waals surface area contributed by atoms with Crippen LogP contribution in [0.1, 0.15) is 13.8 Å². The predicted molar refractivity (Wildman–Crippen MR) is 112 cm³/mol. The van der Waals surface area contributed by atoms with Gasteiger partial charge in [0.2, 0.25) is 5.95 Å². The van der Waals surface area contributed by atoms with Gasteiger partial charge >= 0.3 is 7.82 Å². The third-order valence-electron chi connectivity index (χ3n) is 2.77. The number of nitrogens with zero attached hydrogens (tertiary/aromatic N) is 2. The van der Waals surface area contributed by atoms with Gasteiger partial charge in [0.1, 0.15) is 6.10 Å². The second kappa shape index (κ2) is 17.5. The lowest BCUT2D eigenvalue weighted by molar-refractivity contribution is -0.0411. The number of phosphoric ester groups is 1. The lowest BCUT2D eigenvalue weighted by Crippen LogP contribution is -2.26. The molecule has 2 atom stereocenters. The van der Waals surface area contributed by atoms with Crippen LogP contribution in [0.15, 0.2) is 11.1 Å². The van der Waals surface area contributed by atoms with Gasteiger partial charge in [-0.15, -0.1) is 12.8 Å². The van der Waals surface area contributed by atoms with Crippen molar-refractivity contribution in [3.8, 4) is 12.8 Å². The van der Waals surface area contributed by atoms with Crippen LogP contribution >= 0.6 is 7.82 Å². The maximum atomic E-state index is 11.0. The third kappa shape index (κ3) is 12.3. The van der Waals surface area contributed by atoms with Gasteiger partial charge < -0.3 is 30.2 Å². The molecule has 0 aromatic carbocycles. The smallest absolute Gasteiger partial charge is 0.394 e. The minimum Gasteiger partial charge on any atom is -0.394 e. The van der Waals surface area contributed by atoms with Crippen LogP contribution in [-0.4, -0.2) is 76.7 Å². The Bertz CT molecular complexity index is 810. The fraction of sp³-hybridized carbons (Fsp3) is 0.562. The van der Waals surface area contributed by atoms with Crippen LogP contribution in [0.3, 0.4) is 0 Å². The summed E-state index contributed by atoms with van der Waals surface area (Å²) in [4.78, 5) is 32.5. The number of rotatable bonds is 9. The first-order chi connectivity index (χ1) is 14.3. The van der Waals surface area contributed by atoms with Crippen LogP contribution in [0.2, 0.25) is 0 Å². The molecular formula is C16H30N5O8P. The second-order valence-corrected chi connectivity index (χ2v) is 6.23. The molecule has 0 aliphatic heterocycles. The van der Waals surface area contributed by atoms with Gasteiger partial charge in [-0.1, -0.05) is 13.8 Å². The molecule has 2 rings (SSSR count). The number of phosphoric acid groups is 1. The Morgan fingerprint density at radius 2 is 1.93 bits per heavy atom. The molecule has 6 N–H and O–H groups in total. The number of anilines is 1. The van der Waals surface area contributed by atoms with Gasteiger partial charge in [-0.25, -0.2) is 9.55 Å². The summed E-state index contributed by atoms with van der Waals surface area (Å²) >= 11 is 0. The molecule has 0 spiro atoms. The highest BCUT2D eigenvalue weighted by Gasteiger charge is 2.21. The minimum atomic E-state index is -3.98. The summed E-state index contributed by atoms with van der Waals surface area (Å²) < 4.78 is 29.6. The molecule has 0 saturated heterocycles. The highest BCUT2D eigenvalue weighted by atomic mass is 31.2. The Hall–Kier alpha value is -2.30. The molecule has 0 radical (unpaired) electrons. The molecular weight excluding hydrogens is 421 g/mol. The topological polar surface area (TPSA) is 195 Å². The quantitative estimate of drug-likeness (QED) is 0.259. The molecule has 0 aliphatic rings. The Morgan fingerprint density at radius 3 is 2.47 bits per heavy atom. The average molecular weight is 451 g/mol. The number of aromatic amines is 2. The standard InChI is InChI=1S/C7H17O7P.C5H5N5O.C2H6.C2H2/c1-11-5-7(13-4-3-8)6-14-15(9,10)12-2;6-5-9-3-2(4(11)10-5)7-1-8-3;2*1-2/h7-8H,3-6H2,1-2H3,(H,9,10);1H,(H4,6,7,8,9,10,11);1-2H3;1-2H/t7-;;;/m0.../s1. The van der Waals surface area contributed by atoms with Gasteiger partial charge in [0.05, 0.1) is 32.8 Å². The fourth-order valence-corrected chi connectivity index (χ4v) is 2.10. The zero-order chi connectivity index (χ0) is 23.6. The van der Waals surface area contributed by atoms with E-state index in [-0.39, 0.29) is 37.9 Å². The van der Waals surface area contributed by atoms with E-state index in [1.807, 2.05) is 13.8 Å². The summed E-state index contributed by atoms with van der Waals surface area (Å²) in [5, 5.41) is 8.52. The summed E-state index contributed by atoms with van der Waals surface area (Å²) in [5.74, 6) is 0.0783. The Labute approximate surface area is 174 Å². The molecule has 13 nitrogen and oxygen atoms in total. The number of aliphatic hydroxyl groups is 1. The van der Waals surface area contributed by atoms with Crippen molar-refractivity contribution in [1.82, 2.24) is 19.9 Å². The van der Waals surface area contributed by atoms with Gasteiger partial charge in [-0.2, -0.15) is 4.98 Å². The minimum absolute atomic E-state index is 0.0783. The number of H-pyrrole nitrogens is 2. The molecule has 0 bridgehead atoms. The van der Waals surface area contributed by atoms with Crippen LogP contribution in [-0.2, 0) is 23.1 Å². The molecule has 1 unspecified atom stereocenters. The van der Waals surface area contributed by atoms with Crippen LogP contribution in [0.4, 0.5) is 5.95 Å². The Balaban J connectivity index is 0. The number of methoxy groups -OCH3 is 1. The van der Waals surface area contributed by atoms with Crippen molar-refractivity contribution in [3.05, 3.63) is 16.7 Å². The van der Waals surface area contributed by atoms with Crippen molar-refractivity contribution in [2.45, 2.75) is 20.0 Å². The van der Waals surface area contributed by atoms with E-state index in [4.69, 9.17) is 25.2 Å². The summed E-state index contributed by atoms with van der Waals surface area (Å²) in [7, 11) is -1.45. The van der Waals surface area contributed by atoms with Gasteiger partial charge in [0.25, 0.3) is 5.56 Å². The largest absolute Gasteiger partial charge is 0.472 e. The highest BCUT2D eigenvalue weighted by Crippen LogP contribution is 2.41. The maximum Gasteiger partial charge on any atom is 0.472 e. The monoisotopic (exact) mass is 451 g/mol. The molecule has 0 aliphatic carbocycles. The number of nitrogens with two attached hydrogens (primary N) is 1. The molecule has 2 aromatic rings. The molecule has 0 saturated carbocycles. The first-order valence-corrected chi connectivity index (χ1v) is 10.1. The first kappa shape index (κ1) is 29.9. The van der Waals surface area contributed by atoms with Crippen molar-refractivity contribution >= 4 is 24.9 Å². The predicted octanol–water partition coefficient (Wildman–Crippen LogP) is 0.278. The van der Waals surface area contributed by atoms with E-state index in [2.05, 4.69) is 41.8 Å². The zero-order valence-electron chi connectivity index (χ0n) is 17.4. The number of aromatic nitrogens is 4. The number of fused-ring (bicyclic) bond motifs is 1. The van der Waals surface area contributed by atoms with E-state index in [1.165, 1.54) is 13.4 Å². The number of hydrogen-bond donors (Lipinski definition) is 5. The molecule has 14 heteroatoms. The van der Waals surface area contributed by atoms with Gasteiger partial charge in [-0.3, -0.25) is 18.8 Å². The number of ether oxygens (including phenoxy) is 2. The summed E-state index contributed by atoms with van der Waals surface area (Å²) in [6.45, 7) is 4.03. The van der Waals surface area contributed by atoms with E-state index in [9.17, 15) is 9.36 Å². The van der Waals surface area contributed by atoms with Gasteiger partial charge in [0, 0.05) is 14.2 Å².